The predicted molar refractivity (Wildman–Crippen MR) is 100 cm³/mol. The lowest BCUT2D eigenvalue weighted by Gasteiger charge is -2.37. The number of ether oxygens (including phenoxy) is 2. The standard InChI is InChI=1S/C19H27IO3/c1-12(2)15-11-13(3)9-10-17(15)23-19(21)14(4)22-18-8-6-5-7-16(18)20/h5-8,12-15,17H,9-11H2,1-4H3/t13-,14+,15-,17+/m0/s1. The highest BCUT2D eigenvalue weighted by molar-refractivity contribution is 14.1. The SMILES string of the molecule is CC(C)[C@@H]1C[C@@H](C)CC[C@H]1OC(=O)[C@@H](C)Oc1ccccc1I. The fourth-order valence-electron chi connectivity index (χ4n) is 3.27. The Morgan fingerprint density at radius 1 is 1.22 bits per heavy atom. The number of carbonyl (C=O) groups excluding carboxylic acids is 1. The number of halogens is 1. The van der Waals surface area contributed by atoms with Crippen molar-refractivity contribution in [2.45, 2.75) is 59.2 Å². The summed E-state index contributed by atoms with van der Waals surface area (Å²) in [6, 6.07) is 7.71. The van der Waals surface area contributed by atoms with Gasteiger partial charge < -0.3 is 9.47 Å². The molecule has 0 spiro atoms. The third kappa shape index (κ3) is 5.10. The zero-order valence-electron chi connectivity index (χ0n) is 14.4. The molecule has 1 aliphatic carbocycles. The molecule has 1 saturated carbocycles. The van der Waals surface area contributed by atoms with Crippen LogP contribution in [-0.4, -0.2) is 18.2 Å². The van der Waals surface area contributed by atoms with Crippen molar-refractivity contribution in [2.24, 2.45) is 17.8 Å². The topological polar surface area (TPSA) is 35.5 Å². The lowest BCUT2D eigenvalue weighted by Crippen LogP contribution is -2.39. The van der Waals surface area contributed by atoms with Gasteiger partial charge in [0, 0.05) is 0 Å². The van der Waals surface area contributed by atoms with E-state index in [9.17, 15) is 4.79 Å². The zero-order valence-corrected chi connectivity index (χ0v) is 16.6. The first kappa shape index (κ1) is 18.6. The molecule has 0 bridgehead atoms. The van der Waals surface area contributed by atoms with Gasteiger partial charge in [-0.1, -0.05) is 32.9 Å². The maximum absolute atomic E-state index is 12.4. The minimum atomic E-state index is -0.585. The number of esters is 1. The quantitative estimate of drug-likeness (QED) is 0.484. The average molecular weight is 430 g/mol. The number of benzene rings is 1. The van der Waals surface area contributed by atoms with Crippen LogP contribution >= 0.6 is 22.6 Å². The molecule has 1 aromatic rings. The third-order valence-corrected chi connectivity index (χ3v) is 5.58. The van der Waals surface area contributed by atoms with Crippen molar-refractivity contribution in [3.63, 3.8) is 0 Å². The molecule has 0 aromatic heterocycles. The van der Waals surface area contributed by atoms with Crippen LogP contribution in [0.1, 0.15) is 47.0 Å². The molecule has 4 heteroatoms. The monoisotopic (exact) mass is 430 g/mol. The van der Waals surface area contributed by atoms with Gasteiger partial charge in [-0.05, 0) is 78.7 Å². The second-order valence-corrected chi connectivity index (χ2v) is 8.15. The molecular weight excluding hydrogens is 403 g/mol. The molecule has 0 radical (unpaired) electrons. The molecule has 1 aliphatic rings. The molecule has 0 N–H and O–H groups in total. The van der Waals surface area contributed by atoms with Crippen molar-refractivity contribution in [1.82, 2.24) is 0 Å². The first-order chi connectivity index (χ1) is 10.9. The summed E-state index contributed by atoms with van der Waals surface area (Å²) in [5.41, 5.74) is 0. The van der Waals surface area contributed by atoms with Gasteiger partial charge in [0.2, 0.25) is 0 Å². The van der Waals surface area contributed by atoms with E-state index in [-0.39, 0.29) is 12.1 Å². The van der Waals surface area contributed by atoms with E-state index in [1.807, 2.05) is 24.3 Å². The molecule has 0 amide bonds. The van der Waals surface area contributed by atoms with Gasteiger partial charge >= 0.3 is 5.97 Å². The number of hydrogen-bond donors (Lipinski definition) is 0. The Morgan fingerprint density at radius 2 is 1.91 bits per heavy atom. The largest absolute Gasteiger partial charge is 0.478 e. The zero-order chi connectivity index (χ0) is 17.0. The maximum Gasteiger partial charge on any atom is 0.347 e. The molecule has 0 saturated heterocycles. The summed E-state index contributed by atoms with van der Waals surface area (Å²) >= 11 is 2.21. The van der Waals surface area contributed by atoms with Gasteiger partial charge in [-0.25, -0.2) is 4.79 Å². The maximum atomic E-state index is 12.4. The van der Waals surface area contributed by atoms with Crippen molar-refractivity contribution in [2.75, 3.05) is 0 Å². The molecule has 0 heterocycles. The van der Waals surface area contributed by atoms with E-state index < -0.39 is 6.10 Å². The molecule has 1 aromatic carbocycles. The Kier molecular flexibility index (Phi) is 6.74. The van der Waals surface area contributed by atoms with Gasteiger partial charge in [0.25, 0.3) is 0 Å². The Morgan fingerprint density at radius 3 is 2.57 bits per heavy atom. The van der Waals surface area contributed by atoms with Crippen LogP contribution in [0.25, 0.3) is 0 Å². The van der Waals surface area contributed by atoms with E-state index >= 15 is 0 Å². The van der Waals surface area contributed by atoms with Crippen molar-refractivity contribution < 1.29 is 14.3 Å². The van der Waals surface area contributed by atoms with Crippen LogP contribution in [0.2, 0.25) is 0 Å². The molecule has 3 nitrogen and oxygen atoms in total. The summed E-state index contributed by atoms with van der Waals surface area (Å²) in [6.07, 6.45) is 2.68. The van der Waals surface area contributed by atoms with Crippen LogP contribution < -0.4 is 4.74 Å². The first-order valence-corrected chi connectivity index (χ1v) is 9.58. The molecular formula is C19H27IO3. The average Bonchev–Trinajstić information content (AvgIpc) is 2.51. The van der Waals surface area contributed by atoms with Gasteiger partial charge in [0.05, 0.1) is 3.57 Å². The molecule has 1 fully saturated rings. The second kappa shape index (κ2) is 8.36. The summed E-state index contributed by atoms with van der Waals surface area (Å²) in [7, 11) is 0. The summed E-state index contributed by atoms with van der Waals surface area (Å²) in [6.45, 7) is 8.49. The minimum Gasteiger partial charge on any atom is -0.478 e. The fourth-order valence-corrected chi connectivity index (χ4v) is 3.78. The third-order valence-electron chi connectivity index (χ3n) is 4.69. The van der Waals surface area contributed by atoms with E-state index in [1.165, 1.54) is 0 Å². The van der Waals surface area contributed by atoms with Crippen LogP contribution in [0.3, 0.4) is 0 Å². The van der Waals surface area contributed by atoms with Crippen molar-refractivity contribution in [3.8, 4) is 5.75 Å². The van der Waals surface area contributed by atoms with Crippen LogP contribution in [-0.2, 0) is 9.53 Å². The lowest BCUT2D eigenvalue weighted by molar-refractivity contribution is -0.163. The number of carbonyl (C=O) groups is 1. The van der Waals surface area contributed by atoms with Crippen molar-refractivity contribution in [3.05, 3.63) is 27.8 Å². The summed E-state index contributed by atoms with van der Waals surface area (Å²) in [5, 5.41) is 0. The predicted octanol–water partition coefficient (Wildman–Crippen LogP) is 5.06. The highest BCUT2D eigenvalue weighted by atomic mass is 127. The minimum absolute atomic E-state index is 0.0274. The van der Waals surface area contributed by atoms with Crippen LogP contribution in [0.4, 0.5) is 0 Å². The summed E-state index contributed by atoms with van der Waals surface area (Å²) in [4.78, 5) is 12.4. The highest BCUT2D eigenvalue weighted by Crippen LogP contribution is 2.35. The Balaban J connectivity index is 1.96. The molecule has 128 valence electrons. The van der Waals surface area contributed by atoms with E-state index in [1.54, 1.807) is 6.92 Å². The molecule has 23 heavy (non-hydrogen) atoms. The van der Waals surface area contributed by atoms with E-state index in [0.717, 1.165) is 34.5 Å². The van der Waals surface area contributed by atoms with Crippen LogP contribution in [0.5, 0.6) is 5.75 Å². The number of rotatable bonds is 5. The van der Waals surface area contributed by atoms with E-state index in [2.05, 4.69) is 43.4 Å². The molecule has 2 rings (SSSR count). The van der Waals surface area contributed by atoms with Gasteiger partial charge in [-0.2, -0.15) is 0 Å². The molecule has 0 aliphatic heterocycles. The Hall–Kier alpha value is -0.780. The van der Waals surface area contributed by atoms with Crippen LogP contribution in [0, 0.1) is 21.3 Å². The second-order valence-electron chi connectivity index (χ2n) is 6.99. The Bertz CT molecular complexity index is 529. The summed E-state index contributed by atoms with van der Waals surface area (Å²) in [5.74, 6) is 2.18. The van der Waals surface area contributed by atoms with Gasteiger partial charge in [0.15, 0.2) is 6.10 Å². The highest BCUT2D eigenvalue weighted by Gasteiger charge is 2.34. The lowest BCUT2D eigenvalue weighted by atomic mass is 9.75. The molecule has 4 atom stereocenters. The van der Waals surface area contributed by atoms with Crippen LogP contribution in [0.15, 0.2) is 24.3 Å². The van der Waals surface area contributed by atoms with Crippen molar-refractivity contribution in [1.29, 1.82) is 0 Å². The molecule has 0 unspecified atom stereocenters. The van der Waals surface area contributed by atoms with Crippen molar-refractivity contribution >= 4 is 28.6 Å². The number of hydrogen-bond acceptors (Lipinski definition) is 3. The first-order valence-electron chi connectivity index (χ1n) is 8.50. The van der Waals surface area contributed by atoms with Gasteiger partial charge in [0.1, 0.15) is 11.9 Å². The van der Waals surface area contributed by atoms with Gasteiger partial charge in [-0.3, -0.25) is 0 Å². The van der Waals surface area contributed by atoms with Gasteiger partial charge in [-0.15, -0.1) is 0 Å². The Labute approximate surface area is 153 Å². The number of para-hydroxylation sites is 1. The van der Waals surface area contributed by atoms with E-state index in [4.69, 9.17) is 9.47 Å². The smallest absolute Gasteiger partial charge is 0.347 e. The van der Waals surface area contributed by atoms with E-state index in [0.29, 0.717) is 11.8 Å². The summed E-state index contributed by atoms with van der Waals surface area (Å²) < 4.78 is 12.6. The fraction of sp³-hybridized carbons (Fsp3) is 0.632. The normalized spacial score (nSPS) is 25.9.